The maximum atomic E-state index is 12.1. The molecule has 0 aromatic carbocycles. The second-order valence-corrected chi connectivity index (χ2v) is 5.91. The Kier molecular flexibility index (Phi) is 3.62. The highest BCUT2D eigenvalue weighted by Gasteiger charge is 2.31. The molecule has 5 heteroatoms. The van der Waals surface area contributed by atoms with Gasteiger partial charge in [0.05, 0.1) is 6.04 Å². The van der Waals surface area contributed by atoms with Crippen LogP contribution in [0.4, 0.5) is 0 Å². The van der Waals surface area contributed by atoms with E-state index in [9.17, 15) is 4.79 Å². The van der Waals surface area contributed by atoms with Crippen molar-refractivity contribution in [3.05, 3.63) is 0 Å². The average molecular weight is 232 g/mol. The summed E-state index contributed by atoms with van der Waals surface area (Å²) in [7, 11) is 0. The third-order valence-corrected chi connectivity index (χ3v) is 4.79. The molecule has 0 aliphatic carbocycles. The Morgan fingerprint density at radius 2 is 2.29 bits per heavy atom. The van der Waals surface area contributed by atoms with Crippen LogP contribution in [0.5, 0.6) is 0 Å². The van der Waals surface area contributed by atoms with Crippen LogP contribution in [-0.2, 0) is 4.79 Å². The monoisotopic (exact) mass is 232 g/mol. The Bertz CT molecular complexity index is 219. The van der Waals surface area contributed by atoms with Crippen molar-refractivity contribution >= 4 is 29.4 Å². The Morgan fingerprint density at radius 3 is 2.93 bits per heavy atom. The van der Waals surface area contributed by atoms with Crippen molar-refractivity contribution in [1.29, 1.82) is 0 Å². The smallest absolute Gasteiger partial charge is 0.240 e. The minimum atomic E-state index is 0.0746. The van der Waals surface area contributed by atoms with Crippen LogP contribution in [-0.4, -0.2) is 52.6 Å². The van der Waals surface area contributed by atoms with Gasteiger partial charge in [0, 0.05) is 35.7 Å². The van der Waals surface area contributed by atoms with Crippen molar-refractivity contribution in [3.63, 3.8) is 0 Å². The number of nitrogens with one attached hydrogen (secondary N) is 1. The van der Waals surface area contributed by atoms with E-state index in [4.69, 9.17) is 0 Å². The molecule has 2 aliphatic heterocycles. The van der Waals surface area contributed by atoms with E-state index >= 15 is 0 Å². The molecule has 2 aliphatic rings. The van der Waals surface area contributed by atoms with E-state index < -0.39 is 0 Å². The number of thioether (sulfide) groups is 2. The predicted molar refractivity (Wildman–Crippen MR) is 62.7 cm³/mol. The number of carbonyl (C=O) groups excluding carboxylic acids is 1. The second kappa shape index (κ2) is 4.77. The van der Waals surface area contributed by atoms with Crippen LogP contribution in [0.3, 0.4) is 0 Å². The summed E-state index contributed by atoms with van der Waals surface area (Å²) in [5.74, 6) is 4.35. The molecule has 14 heavy (non-hydrogen) atoms. The van der Waals surface area contributed by atoms with E-state index in [2.05, 4.69) is 12.2 Å². The molecule has 2 unspecified atom stereocenters. The summed E-state index contributed by atoms with van der Waals surface area (Å²) in [6, 6.07) is 0.485. The van der Waals surface area contributed by atoms with E-state index in [-0.39, 0.29) is 6.04 Å². The first-order valence-corrected chi connectivity index (χ1v) is 7.29. The van der Waals surface area contributed by atoms with Crippen LogP contribution in [0.15, 0.2) is 0 Å². The van der Waals surface area contributed by atoms with Crippen LogP contribution < -0.4 is 5.32 Å². The quantitative estimate of drug-likeness (QED) is 0.718. The molecule has 2 heterocycles. The highest BCUT2D eigenvalue weighted by molar-refractivity contribution is 7.99. The summed E-state index contributed by atoms with van der Waals surface area (Å²) in [4.78, 5) is 14.1. The molecule has 0 radical (unpaired) electrons. The zero-order valence-electron chi connectivity index (χ0n) is 8.36. The van der Waals surface area contributed by atoms with E-state index in [1.807, 2.05) is 28.4 Å². The van der Waals surface area contributed by atoms with E-state index in [1.54, 1.807) is 0 Å². The number of hydrogen-bond donors (Lipinski definition) is 1. The van der Waals surface area contributed by atoms with Crippen molar-refractivity contribution in [3.8, 4) is 0 Å². The van der Waals surface area contributed by atoms with Gasteiger partial charge >= 0.3 is 0 Å². The Labute approximate surface area is 93.4 Å². The molecule has 0 spiro atoms. The first kappa shape index (κ1) is 10.6. The van der Waals surface area contributed by atoms with Crippen LogP contribution >= 0.6 is 23.5 Å². The molecule has 0 saturated carbocycles. The standard InChI is InChI=1S/C9H16N2OS2/c1-7-4-13-3-2-11(7)9(12)8-5-14-6-10-8/h7-8,10H,2-6H2,1H3. The van der Waals surface area contributed by atoms with Crippen molar-refractivity contribution < 1.29 is 4.79 Å². The third-order valence-electron chi connectivity index (χ3n) is 2.67. The summed E-state index contributed by atoms with van der Waals surface area (Å²) in [6.07, 6.45) is 0. The summed E-state index contributed by atoms with van der Waals surface area (Å²) < 4.78 is 0. The molecule has 0 aromatic heterocycles. The van der Waals surface area contributed by atoms with Gasteiger partial charge in [-0.3, -0.25) is 10.1 Å². The van der Waals surface area contributed by atoms with Gasteiger partial charge in [-0.2, -0.15) is 11.8 Å². The Hall–Kier alpha value is 0.130. The normalized spacial score (nSPS) is 33.4. The van der Waals surface area contributed by atoms with Crippen LogP contribution in [0.1, 0.15) is 6.92 Å². The van der Waals surface area contributed by atoms with Gasteiger partial charge in [-0.15, -0.1) is 11.8 Å². The number of nitrogens with zero attached hydrogens (tertiary/aromatic N) is 1. The number of carbonyl (C=O) groups is 1. The number of hydrogen-bond acceptors (Lipinski definition) is 4. The molecule has 80 valence electrons. The zero-order chi connectivity index (χ0) is 9.97. The SMILES string of the molecule is CC1CSCCN1C(=O)C1CSCN1. The Morgan fingerprint density at radius 1 is 1.43 bits per heavy atom. The van der Waals surface area contributed by atoms with Gasteiger partial charge in [0.1, 0.15) is 0 Å². The lowest BCUT2D eigenvalue weighted by Gasteiger charge is -2.34. The van der Waals surface area contributed by atoms with Crippen molar-refractivity contribution in [2.75, 3.05) is 29.7 Å². The van der Waals surface area contributed by atoms with Gasteiger partial charge in [0.15, 0.2) is 0 Å². The highest BCUT2D eigenvalue weighted by Crippen LogP contribution is 2.19. The third kappa shape index (κ3) is 2.20. The molecule has 3 nitrogen and oxygen atoms in total. The topological polar surface area (TPSA) is 32.3 Å². The molecule has 0 bridgehead atoms. The van der Waals surface area contributed by atoms with Gasteiger partial charge in [0.2, 0.25) is 5.91 Å². The fourth-order valence-corrected chi connectivity index (χ4v) is 3.76. The molecule has 1 amide bonds. The first-order chi connectivity index (χ1) is 6.79. The highest BCUT2D eigenvalue weighted by atomic mass is 32.2. The molecule has 1 N–H and O–H groups in total. The molecule has 2 fully saturated rings. The fraction of sp³-hybridized carbons (Fsp3) is 0.889. The van der Waals surface area contributed by atoms with Crippen LogP contribution in [0.25, 0.3) is 0 Å². The number of rotatable bonds is 1. The fourth-order valence-electron chi connectivity index (χ4n) is 1.81. The molecule has 0 aromatic rings. The van der Waals surface area contributed by atoms with E-state index in [1.165, 1.54) is 0 Å². The van der Waals surface area contributed by atoms with Crippen molar-refractivity contribution in [2.45, 2.75) is 19.0 Å². The lowest BCUT2D eigenvalue weighted by atomic mass is 10.2. The van der Waals surface area contributed by atoms with Gasteiger partial charge < -0.3 is 4.90 Å². The minimum absolute atomic E-state index is 0.0746. The van der Waals surface area contributed by atoms with Crippen molar-refractivity contribution in [1.82, 2.24) is 10.2 Å². The summed E-state index contributed by atoms with van der Waals surface area (Å²) in [5.41, 5.74) is 0. The predicted octanol–water partition coefficient (Wildman–Crippen LogP) is 0.613. The maximum Gasteiger partial charge on any atom is 0.240 e. The summed E-state index contributed by atoms with van der Waals surface area (Å²) in [6.45, 7) is 3.07. The lowest BCUT2D eigenvalue weighted by molar-refractivity contribution is -0.134. The maximum absolute atomic E-state index is 12.1. The van der Waals surface area contributed by atoms with Crippen LogP contribution in [0, 0.1) is 0 Å². The van der Waals surface area contributed by atoms with E-state index in [0.29, 0.717) is 11.9 Å². The molecule has 2 saturated heterocycles. The van der Waals surface area contributed by atoms with Gasteiger partial charge in [-0.25, -0.2) is 0 Å². The molecular weight excluding hydrogens is 216 g/mol. The van der Waals surface area contributed by atoms with Crippen molar-refractivity contribution in [2.24, 2.45) is 0 Å². The zero-order valence-corrected chi connectivity index (χ0v) is 10.00. The summed E-state index contributed by atoms with van der Waals surface area (Å²) >= 11 is 3.76. The van der Waals surface area contributed by atoms with Gasteiger partial charge in [-0.1, -0.05) is 0 Å². The van der Waals surface area contributed by atoms with Crippen LogP contribution in [0.2, 0.25) is 0 Å². The number of amides is 1. The Balaban J connectivity index is 1.94. The van der Waals surface area contributed by atoms with E-state index in [0.717, 1.165) is 29.7 Å². The molecule has 2 rings (SSSR count). The van der Waals surface area contributed by atoms with Gasteiger partial charge in [0.25, 0.3) is 0 Å². The van der Waals surface area contributed by atoms with Gasteiger partial charge in [-0.05, 0) is 6.92 Å². The average Bonchev–Trinajstić information content (AvgIpc) is 2.70. The lowest BCUT2D eigenvalue weighted by Crippen LogP contribution is -2.51. The largest absolute Gasteiger partial charge is 0.337 e. The summed E-state index contributed by atoms with van der Waals surface area (Å²) in [5, 5.41) is 3.24. The second-order valence-electron chi connectivity index (χ2n) is 3.73. The first-order valence-electron chi connectivity index (χ1n) is 4.98. The molecule has 2 atom stereocenters. The molecular formula is C9H16N2OS2. The minimum Gasteiger partial charge on any atom is -0.337 e.